The fraction of sp³-hybridized carbons (Fsp3) is 0.391. The Balaban J connectivity index is 1.44. The number of hydrogen-bond donors (Lipinski definition) is 2. The second-order valence-electron chi connectivity index (χ2n) is 8.58. The number of aromatic nitrogens is 2. The molecule has 156 valence electrons. The van der Waals surface area contributed by atoms with Gasteiger partial charge in [-0.1, -0.05) is 0 Å². The highest BCUT2D eigenvalue weighted by Crippen LogP contribution is 2.33. The number of methoxy groups -OCH3 is 1. The van der Waals surface area contributed by atoms with E-state index in [0.29, 0.717) is 5.95 Å². The van der Waals surface area contributed by atoms with Gasteiger partial charge in [0.05, 0.1) is 37.1 Å². The van der Waals surface area contributed by atoms with E-state index in [1.807, 2.05) is 12.3 Å². The Morgan fingerprint density at radius 3 is 2.80 bits per heavy atom. The van der Waals surface area contributed by atoms with Gasteiger partial charge in [0, 0.05) is 30.4 Å². The zero-order valence-corrected chi connectivity index (χ0v) is 17.7. The number of anilines is 3. The molecule has 2 aliphatic rings. The molecule has 0 spiro atoms. The van der Waals surface area contributed by atoms with Gasteiger partial charge in [0.25, 0.3) is 0 Å². The van der Waals surface area contributed by atoms with Crippen molar-refractivity contribution in [1.29, 1.82) is 0 Å². The number of ether oxygens (including phenoxy) is 2. The van der Waals surface area contributed by atoms with Crippen molar-refractivity contribution in [1.82, 2.24) is 14.9 Å². The molecular formula is C23H27N5O2. The smallest absolute Gasteiger partial charge is 0.227 e. The number of nitrogens with one attached hydrogen (secondary N) is 2. The Hall–Kier alpha value is -2.90. The predicted octanol–water partition coefficient (Wildman–Crippen LogP) is 3.57. The van der Waals surface area contributed by atoms with E-state index in [1.54, 1.807) is 7.11 Å². The molecule has 0 radical (unpaired) electrons. The van der Waals surface area contributed by atoms with Gasteiger partial charge in [0.2, 0.25) is 5.95 Å². The van der Waals surface area contributed by atoms with Crippen molar-refractivity contribution in [2.75, 3.05) is 44.5 Å². The van der Waals surface area contributed by atoms with Crippen LogP contribution in [0.5, 0.6) is 5.75 Å². The first kappa shape index (κ1) is 19.1. The standard InChI is InChI=1S/C23H27N5O2/c1-23(13-30-14-23)27-18-5-4-16-11-24-22(25-19(16)10-18)26-20-8-17-12-28(2)7-6-15(17)9-21(20)29-3/h4-5,8-11,27H,6-7,12-14H2,1-3H3,(H,24,25,26). The summed E-state index contributed by atoms with van der Waals surface area (Å²) in [6.07, 6.45) is 2.88. The molecule has 0 bridgehead atoms. The van der Waals surface area contributed by atoms with Gasteiger partial charge in [0.1, 0.15) is 5.75 Å². The first-order chi connectivity index (χ1) is 14.5. The number of fused-ring (bicyclic) bond motifs is 2. The van der Waals surface area contributed by atoms with Crippen LogP contribution in [0.25, 0.3) is 10.9 Å². The average molecular weight is 406 g/mol. The Morgan fingerprint density at radius 1 is 1.17 bits per heavy atom. The van der Waals surface area contributed by atoms with E-state index in [-0.39, 0.29) is 5.54 Å². The third-order valence-corrected chi connectivity index (χ3v) is 5.84. The molecule has 2 aromatic carbocycles. The molecule has 2 aliphatic heterocycles. The van der Waals surface area contributed by atoms with E-state index >= 15 is 0 Å². The van der Waals surface area contributed by atoms with Gasteiger partial charge in [-0.25, -0.2) is 9.97 Å². The lowest BCUT2D eigenvalue weighted by atomic mass is 9.99. The van der Waals surface area contributed by atoms with Gasteiger partial charge in [-0.3, -0.25) is 0 Å². The molecule has 5 rings (SSSR count). The van der Waals surface area contributed by atoms with Gasteiger partial charge < -0.3 is 25.0 Å². The summed E-state index contributed by atoms with van der Waals surface area (Å²) in [5, 5.41) is 7.91. The fourth-order valence-electron chi connectivity index (χ4n) is 4.11. The molecule has 0 atom stereocenters. The highest BCUT2D eigenvalue weighted by molar-refractivity contribution is 5.83. The van der Waals surface area contributed by atoms with Crippen molar-refractivity contribution in [3.05, 3.63) is 47.7 Å². The Bertz CT molecular complexity index is 1100. The van der Waals surface area contributed by atoms with Gasteiger partial charge in [-0.05, 0) is 61.9 Å². The maximum absolute atomic E-state index is 5.64. The van der Waals surface area contributed by atoms with Crippen LogP contribution in [-0.2, 0) is 17.7 Å². The van der Waals surface area contributed by atoms with Crippen LogP contribution >= 0.6 is 0 Å². The highest BCUT2D eigenvalue weighted by Gasteiger charge is 2.33. The lowest BCUT2D eigenvalue weighted by molar-refractivity contribution is -0.0318. The highest BCUT2D eigenvalue weighted by atomic mass is 16.5. The molecule has 0 unspecified atom stereocenters. The van der Waals surface area contributed by atoms with Crippen LogP contribution in [-0.4, -0.2) is 54.3 Å². The summed E-state index contributed by atoms with van der Waals surface area (Å²) in [6.45, 7) is 5.60. The summed E-state index contributed by atoms with van der Waals surface area (Å²) in [6, 6.07) is 10.5. The topological polar surface area (TPSA) is 71.5 Å². The first-order valence-corrected chi connectivity index (χ1v) is 10.3. The summed E-state index contributed by atoms with van der Waals surface area (Å²) >= 11 is 0. The van der Waals surface area contributed by atoms with Crippen molar-refractivity contribution in [3.8, 4) is 5.75 Å². The van der Waals surface area contributed by atoms with E-state index in [0.717, 1.165) is 60.8 Å². The zero-order chi connectivity index (χ0) is 20.7. The predicted molar refractivity (Wildman–Crippen MR) is 119 cm³/mol. The average Bonchev–Trinajstić information content (AvgIpc) is 2.72. The van der Waals surface area contributed by atoms with E-state index in [4.69, 9.17) is 14.5 Å². The second kappa shape index (κ2) is 7.41. The Kier molecular flexibility index (Phi) is 4.72. The zero-order valence-electron chi connectivity index (χ0n) is 17.7. The summed E-state index contributed by atoms with van der Waals surface area (Å²) in [5.74, 6) is 1.37. The van der Waals surface area contributed by atoms with E-state index < -0.39 is 0 Å². The third kappa shape index (κ3) is 3.66. The molecule has 7 heteroatoms. The van der Waals surface area contributed by atoms with Crippen molar-refractivity contribution < 1.29 is 9.47 Å². The van der Waals surface area contributed by atoms with Crippen molar-refractivity contribution >= 4 is 28.2 Å². The molecule has 3 aromatic rings. The summed E-state index contributed by atoms with van der Waals surface area (Å²) < 4.78 is 11.0. The number of benzene rings is 2. The molecule has 1 fully saturated rings. The quantitative estimate of drug-likeness (QED) is 0.672. The summed E-state index contributed by atoms with van der Waals surface area (Å²) in [5.41, 5.74) is 5.46. The Labute approximate surface area is 176 Å². The number of likely N-dealkylation sites (N-methyl/N-ethyl adjacent to an activating group) is 1. The number of rotatable bonds is 5. The minimum absolute atomic E-state index is 0.00849. The molecule has 2 N–H and O–H groups in total. The second-order valence-corrected chi connectivity index (χ2v) is 8.58. The number of hydrogen-bond acceptors (Lipinski definition) is 7. The van der Waals surface area contributed by atoms with Crippen LogP contribution in [0.15, 0.2) is 36.5 Å². The molecule has 3 heterocycles. The molecule has 0 aliphatic carbocycles. The van der Waals surface area contributed by atoms with Crippen molar-refractivity contribution in [2.45, 2.75) is 25.4 Å². The normalized spacial score (nSPS) is 17.8. The minimum atomic E-state index is -0.00849. The fourth-order valence-corrected chi connectivity index (χ4v) is 4.11. The summed E-state index contributed by atoms with van der Waals surface area (Å²) in [4.78, 5) is 11.6. The molecule has 1 saturated heterocycles. The van der Waals surface area contributed by atoms with E-state index in [9.17, 15) is 0 Å². The SMILES string of the molecule is COc1cc2c(cc1Nc1ncc3ccc(NC4(C)COC4)cc3n1)CN(C)CC2. The maximum atomic E-state index is 5.64. The van der Waals surface area contributed by atoms with Gasteiger partial charge in [-0.2, -0.15) is 0 Å². The lowest BCUT2D eigenvalue weighted by Gasteiger charge is -2.39. The first-order valence-electron chi connectivity index (χ1n) is 10.3. The van der Waals surface area contributed by atoms with E-state index in [2.05, 4.69) is 58.8 Å². The van der Waals surface area contributed by atoms with Crippen molar-refractivity contribution in [2.24, 2.45) is 0 Å². The summed E-state index contributed by atoms with van der Waals surface area (Å²) in [7, 11) is 3.85. The molecule has 0 amide bonds. The Morgan fingerprint density at radius 2 is 2.03 bits per heavy atom. The lowest BCUT2D eigenvalue weighted by Crippen LogP contribution is -2.53. The van der Waals surface area contributed by atoms with Crippen molar-refractivity contribution in [3.63, 3.8) is 0 Å². The van der Waals surface area contributed by atoms with Crippen LogP contribution < -0.4 is 15.4 Å². The third-order valence-electron chi connectivity index (χ3n) is 5.84. The van der Waals surface area contributed by atoms with Crippen LogP contribution in [0, 0.1) is 0 Å². The molecule has 30 heavy (non-hydrogen) atoms. The largest absolute Gasteiger partial charge is 0.495 e. The molecule has 1 aromatic heterocycles. The monoisotopic (exact) mass is 405 g/mol. The van der Waals surface area contributed by atoms with Crippen LogP contribution in [0.3, 0.4) is 0 Å². The van der Waals surface area contributed by atoms with E-state index in [1.165, 1.54) is 11.1 Å². The van der Waals surface area contributed by atoms with Gasteiger partial charge in [0.15, 0.2) is 0 Å². The van der Waals surface area contributed by atoms with Crippen LogP contribution in [0.1, 0.15) is 18.1 Å². The van der Waals surface area contributed by atoms with Crippen LogP contribution in [0.2, 0.25) is 0 Å². The maximum Gasteiger partial charge on any atom is 0.227 e. The van der Waals surface area contributed by atoms with Gasteiger partial charge in [-0.15, -0.1) is 0 Å². The molecule has 0 saturated carbocycles. The van der Waals surface area contributed by atoms with Crippen LogP contribution in [0.4, 0.5) is 17.3 Å². The number of nitrogens with zero attached hydrogens (tertiary/aromatic N) is 3. The molecular weight excluding hydrogens is 378 g/mol. The minimum Gasteiger partial charge on any atom is -0.495 e. The molecule has 7 nitrogen and oxygen atoms in total. The van der Waals surface area contributed by atoms with Gasteiger partial charge >= 0.3 is 0 Å².